The molecular weight excluding hydrogens is 324 g/mol. The molecular formula is C22H20N2O2. The van der Waals surface area contributed by atoms with Gasteiger partial charge in [0.25, 0.3) is 0 Å². The second-order valence-corrected chi connectivity index (χ2v) is 7.54. The van der Waals surface area contributed by atoms with E-state index in [1.54, 1.807) is 0 Å². The van der Waals surface area contributed by atoms with Crippen LogP contribution in [0.4, 0.5) is 0 Å². The lowest BCUT2D eigenvalue weighted by molar-refractivity contribution is 0.174. The average Bonchev–Trinajstić information content (AvgIpc) is 3.30. The van der Waals surface area contributed by atoms with Crippen LogP contribution in [-0.4, -0.2) is 36.3 Å². The van der Waals surface area contributed by atoms with E-state index >= 15 is 0 Å². The highest BCUT2D eigenvalue weighted by molar-refractivity contribution is 5.98. The summed E-state index contributed by atoms with van der Waals surface area (Å²) in [6.07, 6.45) is 5.74. The summed E-state index contributed by atoms with van der Waals surface area (Å²) >= 11 is 0. The standard InChI is InChI=1S/C22H20N2O2/c1-24-11-15(13-5-6-20-21(9-13)26-12-25-20)7-17-16-3-2-4-18-22(16)14(10-23-18)8-19(17)24/h2-7,9-10,15,19,23H,8,11-12H2,1H3/t15-,19-/m1/s1. The van der Waals surface area contributed by atoms with E-state index in [-0.39, 0.29) is 0 Å². The number of aromatic nitrogens is 1. The summed E-state index contributed by atoms with van der Waals surface area (Å²) in [5.41, 5.74) is 6.81. The number of nitrogens with zero attached hydrogens (tertiary/aromatic N) is 1. The predicted molar refractivity (Wildman–Crippen MR) is 102 cm³/mol. The first-order valence-corrected chi connectivity index (χ1v) is 9.19. The van der Waals surface area contributed by atoms with Gasteiger partial charge in [0.05, 0.1) is 0 Å². The molecule has 3 aliphatic rings. The van der Waals surface area contributed by atoms with Gasteiger partial charge in [-0.25, -0.2) is 0 Å². The maximum Gasteiger partial charge on any atom is 0.231 e. The maximum atomic E-state index is 5.59. The van der Waals surface area contributed by atoms with Crippen molar-refractivity contribution >= 4 is 16.5 Å². The molecule has 0 bridgehead atoms. The molecule has 2 atom stereocenters. The van der Waals surface area contributed by atoms with Crippen molar-refractivity contribution < 1.29 is 9.47 Å². The van der Waals surface area contributed by atoms with Gasteiger partial charge < -0.3 is 14.5 Å². The minimum absolute atomic E-state index is 0.324. The Labute approximate surface area is 152 Å². The Hall–Kier alpha value is -2.72. The van der Waals surface area contributed by atoms with Gasteiger partial charge in [0.2, 0.25) is 6.79 Å². The molecule has 1 aliphatic carbocycles. The smallest absolute Gasteiger partial charge is 0.231 e. The van der Waals surface area contributed by atoms with Crippen LogP contribution in [0.2, 0.25) is 0 Å². The molecule has 0 radical (unpaired) electrons. The van der Waals surface area contributed by atoms with E-state index in [9.17, 15) is 0 Å². The average molecular weight is 344 g/mol. The molecule has 130 valence electrons. The fourth-order valence-corrected chi connectivity index (χ4v) is 4.80. The summed E-state index contributed by atoms with van der Waals surface area (Å²) in [4.78, 5) is 5.94. The summed E-state index contributed by atoms with van der Waals surface area (Å²) in [6.45, 7) is 1.34. The van der Waals surface area contributed by atoms with Crippen molar-refractivity contribution in [1.29, 1.82) is 0 Å². The van der Waals surface area contributed by atoms with Crippen molar-refractivity contribution in [1.82, 2.24) is 9.88 Å². The number of hydrogen-bond donors (Lipinski definition) is 1. The summed E-state index contributed by atoms with van der Waals surface area (Å²) in [5.74, 6) is 2.07. The first-order chi connectivity index (χ1) is 12.8. The molecule has 3 heterocycles. The molecule has 0 amide bonds. The van der Waals surface area contributed by atoms with Gasteiger partial charge in [-0.1, -0.05) is 24.3 Å². The molecule has 0 spiro atoms. The fraction of sp³-hybridized carbons (Fsp3) is 0.273. The number of ether oxygens (including phenoxy) is 2. The van der Waals surface area contributed by atoms with Crippen molar-refractivity contribution in [3.63, 3.8) is 0 Å². The largest absolute Gasteiger partial charge is 0.454 e. The summed E-state index contributed by atoms with van der Waals surface area (Å²) in [7, 11) is 2.25. The van der Waals surface area contributed by atoms with E-state index in [1.165, 1.54) is 33.2 Å². The zero-order valence-electron chi connectivity index (χ0n) is 14.7. The molecule has 0 unspecified atom stereocenters. The van der Waals surface area contributed by atoms with Gasteiger partial charge in [0, 0.05) is 35.6 Å². The van der Waals surface area contributed by atoms with Crippen molar-refractivity contribution in [2.45, 2.75) is 18.4 Å². The van der Waals surface area contributed by atoms with Crippen molar-refractivity contribution in [3.05, 3.63) is 65.4 Å². The molecule has 4 heteroatoms. The van der Waals surface area contributed by atoms with Crippen LogP contribution < -0.4 is 9.47 Å². The molecule has 1 N–H and O–H groups in total. The minimum Gasteiger partial charge on any atom is -0.454 e. The monoisotopic (exact) mass is 344 g/mol. The van der Waals surface area contributed by atoms with E-state index in [2.05, 4.69) is 59.5 Å². The van der Waals surface area contributed by atoms with Crippen LogP contribution in [0.15, 0.2) is 48.7 Å². The number of rotatable bonds is 1. The summed E-state index contributed by atoms with van der Waals surface area (Å²) < 4.78 is 11.1. The third kappa shape index (κ3) is 1.93. The van der Waals surface area contributed by atoms with Gasteiger partial charge in [-0.05, 0) is 53.9 Å². The molecule has 1 aromatic heterocycles. The second-order valence-electron chi connectivity index (χ2n) is 7.54. The quantitative estimate of drug-likeness (QED) is 0.727. The first kappa shape index (κ1) is 14.4. The van der Waals surface area contributed by atoms with Gasteiger partial charge in [-0.3, -0.25) is 4.90 Å². The van der Waals surface area contributed by atoms with Crippen LogP contribution in [0, 0.1) is 0 Å². The highest BCUT2D eigenvalue weighted by Gasteiger charge is 2.34. The number of aromatic amines is 1. The molecule has 0 fully saturated rings. The number of hydrogen-bond acceptors (Lipinski definition) is 3. The molecule has 3 aromatic rings. The lowest BCUT2D eigenvalue weighted by atomic mass is 9.78. The van der Waals surface area contributed by atoms with E-state index < -0.39 is 0 Å². The lowest BCUT2D eigenvalue weighted by Gasteiger charge is -2.40. The van der Waals surface area contributed by atoms with E-state index in [4.69, 9.17) is 9.47 Å². The van der Waals surface area contributed by atoms with E-state index in [1.807, 2.05) is 6.07 Å². The summed E-state index contributed by atoms with van der Waals surface area (Å²) in [5, 5.41) is 1.40. The molecule has 4 nitrogen and oxygen atoms in total. The minimum atomic E-state index is 0.324. The number of fused-ring (bicyclic) bond motifs is 3. The number of likely N-dealkylation sites (N-methyl/N-ethyl adjacent to an activating group) is 1. The van der Waals surface area contributed by atoms with Crippen LogP contribution >= 0.6 is 0 Å². The van der Waals surface area contributed by atoms with Crippen LogP contribution in [-0.2, 0) is 6.42 Å². The van der Waals surface area contributed by atoms with Gasteiger partial charge in [0.1, 0.15) is 0 Å². The number of nitrogens with one attached hydrogen (secondary N) is 1. The molecule has 2 aliphatic heterocycles. The first-order valence-electron chi connectivity index (χ1n) is 9.19. The normalized spacial score (nSPS) is 23.8. The van der Waals surface area contributed by atoms with Gasteiger partial charge in [-0.15, -0.1) is 0 Å². The zero-order valence-corrected chi connectivity index (χ0v) is 14.7. The Morgan fingerprint density at radius 2 is 2.04 bits per heavy atom. The van der Waals surface area contributed by atoms with E-state index in [0.717, 1.165) is 24.5 Å². The fourth-order valence-electron chi connectivity index (χ4n) is 4.80. The van der Waals surface area contributed by atoms with Crippen LogP contribution in [0.1, 0.15) is 22.6 Å². The third-order valence-electron chi connectivity index (χ3n) is 6.09. The molecule has 26 heavy (non-hydrogen) atoms. The Morgan fingerprint density at radius 1 is 1.12 bits per heavy atom. The maximum absolute atomic E-state index is 5.59. The zero-order chi connectivity index (χ0) is 17.3. The topological polar surface area (TPSA) is 37.5 Å². The molecule has 0 saturated heterocycles. The summed E-state index contributed by atoms with van der Waals surface area (Å²) in [6, 6.07) is 13.4. The van der Waals surface area contributed by atoms with Gasteiger partial charge in [-0.2, -0.15) is 0 Å². The Balaban J connectivity index is 1.49. The molecule has 6 rings (SSSR count). The Bertz CT molecular complexity index is 1070. The van der Waals surface area contributed by atoms with Crippen LogP contribution in [0.3, 0.4) is 0 Å². The van der Waals surface area contributed by atoms with Crippen molar-refractivity contribution in [2.75, 3.05) is 20.4 Å². The van der Waals surface area contributed by atoms with Crippen LogP contribution in [0.5, 0.6) is 11.5 Å². The Morgan fingerprint density at radius 3 is 3.00 bits per heavy atom. The highest BCUT2D eigenvalue weighted by atomic mass is 16.7. The molecule has 2 aromatic carbocycles. The Kier molecular flexibility index (Phi) is 2.86. The number of H-pyrrole nitrogens is 1. The lowest BCUT2D eigenvalue weighted by Crippen LogP contribution is -2.41. The second kappa shape index (κ2) is 5.15. The highest BCUT2D eigenvalue weighted by Crippen LogP contribution is 2.43. The van der Waals surface area contributed by atoms with Crippen LogP contribution in [0.25, 0.3) is 16.5 Å². The van der Waals surface area contributed by atoms with Gasteiger partial charge in [0.15, 0.2) is 11.5 Å². The predicted octanol–water partition coefficient (Wildman–Crippen LogP) is 3.93. The van der Waals surface area contributed by atoms with E-state index in [0.29, 0.717) is 18.8 Å². The SMILES string of the molecule is CN1C[C@H](c2ccc3c(c2)OCO3)C=C2c3cccc4[nH]cc(c34)C[C@H]21. The third-order valence-corrected chi connectivity index (χ3v) is 6.09. The van der Waals surface area contributed by atoms with Crippen molar-refractivity contribution in [3.8, 4) is 11.5 Å². The van der Waals surface area contributed by atoms with Crippen molar-refractivity contribution in [2.24, 2.45) is 0 Å². The number of benzene rings is 2. The van der Waals surface area contributed by atoms with Gasteiger partial charge >= 0.3 is 0 Å². The molecule has 0 saturated carbocycles.